The number of fused-ring (bicyclic) bond motifs is 1. The highest BCUT2D eigenvalue weighted by molar-refractivity contribution is 5.93. The van der Waals surface area contributed by atoms with Crippen LogP contribution in [0.25, 0.3) is 0 Å². The number of nitrogens with one attached hydrogen (secondary N) is 1. The molecule has 2 saturated carbocycles. The number of carbonyl (C=O) groups is 1. The van der Waals surface area contributed by atoms with Crippen molar-refractivity contribution < 1.29 is 29.2 Å². The second-order valence-corrected chi connectivity index (χ2v) is 14.0. The molecule has 4 heterocycles. The summed E-state index contributed by atoms with van der Waals surface area (Å²) >= 11 is 0. The molecule has 40 heavy (non-hydrogen) atoms. The molecule has 8 heteroatoms. The van der Waals surface area contributed by atoms with Gasteiger partial charge in [0.05, 0.1) is 18.3 Å². The first-order valence-electron chi connectivity index (χ1n) is 15.0. The van der Waals surface area contributed by atoms with Crippen molar-refractivity contribution in [3.05, 3.63) is 45.8 Å². The number of hydrogen-bond donors (Lipinski definition) is 3. The number of aromatic amines is 1. The van der Waals surface area contributed by atoms with Gasteiger partial charge in [0.25, 0.3) is 0 Å². The first kappa shape index (κ1) is 26.9. The molecule has 1 aromatic rings. The molecule has 3 saturated heterocycles. The van der Waals surface area contributed by atoms with Gasteiger partial charge in [0.2, 0.25) is 0 Å². The third-order valence-electron chi connectivity index (χ3n) is 12.1. The molecule has 8 rings (SSSR count). The molecule has 1 aromatic heterocycles. The lowest BCUT2D eigenvalue weighted by Gasteiger charge is -2.73. The third-order valence-corrected chi connectivity index (χ3v) is 12.1. The highest BCUT2D eigenvalue weighted by atomic mass is 16.7. The van der Waals surface area contributed by atoms with E-state index in [0.717, 1.165) is 47.5 Å². The van der Waals surface area contributed by atoms with Gasteiger partial charge < -0.3 is 34.3 Å². The standard InChI is InChI=1S/C32H44N2O6/c1-18-19(2)33-20(3)26(18)27(36)39-21(4)23-9-10-31-24-8-7-22-15-30(37)12-11-28(22,5)32(24,40-30)25(35)16-29(23,31)17-34(6)13-14-38-31/h8-9,21-22,25,33,35,37H,7,10-17H2,1-6H3. The Bertz CT molecular complexity index is 1350. The van der Waals surface area contributed by atoms with Crippen LogP contribution in [0, 0.1) is 37.5 Å². The van der Waals surface area contributed by atoms with E-state index in [1.165, 1.54) is 0 Å². The molecule has 5 fully saturated rings. The second-order valence-electron chi connectivity index (χ2n) is 14.0. The fraction of sp³-hybridized carbons (Fsp3) is 0.719. The molecule has 7 aliphatic rings. The van der Waals surface area contributed by atoms with Crippen molar-refractivity contribution in [3.8, 4) is 0 Å². The lowest BCUT2D eigenvalue weighted by atomic mass is 9.41. The van der Waals surface area contributed by atoms with E-state index in [1.54, 1.807) is 0 Å². The Kier molecular flexibility index (Phi) is 5.59. The van der Waals surface area contributed by atoms with E-state index in [1.807, 2.05) is 27.7 Å². The number of allylic oxidation sites excluding steroid dienone is 1. The fourth-order valence-corrected chi connectivity index (χ4v) is 10.1. The molecule has 8 nitrogen and oxygen atoms in total. The molecule has 8 atom stereocenters. The van der Waals surface area contributed by atoms with E-state index in [0.29, 0.717) is 44.4 Å². The number of rotatable bonds is 3. The minimum Gasteiger partial charge on any atom is -0.454 e. The second kappa shape index (κ2) is 8.32. The van der Waals surface area contributed by atoms with Crippen molar-refractivity contribution in [2.75, 3.05) is 26.7 Å². The first-order valence-corrected chi connectivity index (χ1v) is 15.0. The lowest BCUT2D eigenvalue weighted by Crippen LogP contribution is -2.79. The van der Waals surface area contributed by atoms with Gasteiger partial charge in [0, 0.05) is 48.1 Å². The van der Waals surface area contributed by atoms with Crippen LogP contribution in [-0.4, -0.2) is 82.0 Å². The molecular formula is C32H44N2O6. The molecule has 0 aromatic carbocycles. The van der Waals surface area contributed by atoms with Gasteiger partial charge in [0.1, 0.15) is 17.3 Å². The number of H-pyrrole nitrogens is 1. The molecule has 4 bridgehead atoms. The highest BCUT2D eigenvalue weighted by Gasteiger charge is 2.79. The van der Waals surface area contributed by atoms with E-state index in [-0.39, 0.29) is 17.3 Å². The SMILES string of the molecule is Cc1[nH]c(C)c(C(=O)OC(C)C2=CCC34OCCN(C)CC23CC(O)C23OC5(O)CCC2(C)C(CC=C43)C5)c1C. The predicted octanol–water partition coefficient (Wildman–Crippen LogP) is 3.86. The molecular weight excluding hydrogens is 508 g/mol. The number of esters is 1. The molecule has 0 radical (unpaired) electrons. The minimum absolute atomic E-state index is 0.251. The molecule has 3 aliphatic heterocycles. The number of likely N-dealkylation sites (N-methyl/N-ethyl adjacent to an activating group) is 1. The summed E-state index contributed by atoms with van der Waals surface area (Å²) < 4.78 is 20.0. The average molecular weight is 553 g/mol. The summed E-state index contributed by atoms with van der Waals surface area (Å²) in [5.74, 6) is -1.30. The van der Waals surface area contributed by atoms with Gasteiger partial charge in [-0.3, -0.25) is 0 Å². The molecule has 8 unspecified atom stereocenters. The van der Waals surface area contributed by atoms with Crippen LogP contribution >= 0.6 is 0 Å². The molecule has 4 aliphatic carbocycles. The summed E-state index contributed by atoms with van der Waals surface area (Å²) in [6, 6.07) is 0. The molecule has 1 spiro atoms. The van der Waals surface area contributed by atoms with E-state index >= 15 is 0 Å². The summed E-state index contributed by atoms with van der Waals surface area (Å²) in [6.45, 7) is 12.0. The summed E-state index contributed by atoms with van der Waals surface area (Å²) in [4.78, 5) is 19.0. The zero-order valence-corrected chi connectivity index (χ0v) is 24.7. The van der Waals surface area contributed by atoms with Crippen molar-refractivity contribution in [1.29, 1.82) is 0 Å². The maximum atomic E-state index is 13.5. The van der Waals surface area contributed by atoms with Crippen molar-refractivity contribution in [2.24, 2.45) is 16.7 Å². The Labute approximate surface area is 236 Å². The Hall–Kier alpha value is -1.97. The van der Waals surface area contributed by atoms with E-state index < -0.39 is 34.6 Å². The van der Waals surface area contributed by atoms with Gasteiger partial charge in [0.15, 0.2) is 5.79 Å². The number of ether oxygens (including phenoxy) is 3. The Morgan fingerprint density at radius 1 is 1.20 bits per heavy atom. The normalized spacial score (nSPS) is 44.6. The van der Waals surface area contributed by atoms with Crippen LogP contribution < -0.4 is 0 Å². The summed E-state index contributed by atoms with van der Waals surface area (Å²) in [5, 5.41) is 23.8. The molecule has 218 valence electrons. The van der Waals surface area contributed by atoms with Gasteiger partial charge in [-0.25, -0.2) is 4.79 Å². The van der Waals surface area contributed by atoms with E-state index in [9.17, 15) is 15.0 Å². The zero-order valence-electron chi connectivity index (χ0n) is 24.7. The number of carbonyl (C=O) groups excluding carboxylic acids is 1. The summed E-state index contributed by atoms with van der Waals surface area (Å²) in [6.07, 6.45) is 7.06. The maximum absolute atomic E-state index is 13.5. The van der Waals surface area contributed by atoms with Gasteiger partial charge in [-0.1, -0.05) is 19.1 Å². The van der Waals surface area contributed by atoms with Crippen LogP contribution in [0.3, 0.4) is 0 Å². The number of aliphatic hydroxyl groups excluding tert-OH is 1. The average Bonchev–Trinajstić information content (AvgIpc) is 3.26. The fourth-order valence-electron chi connectivity index (χ4n) is 10.1. The largest absolute Gasteiger partial charge is 0.454 e. The minimum atomic E-state index is -1.22. The number of nitrogens with zero attached hydrogens (tertiary/aromatic N) is 1. The summed E-state index contributed by atoms with van der Waals surface area (Å²) in [7, 11) is 2.10. The first-order chi connectivity index (χ1) is 18.8. The van der Waals surface area contributed by atoms with Gasteiger partial charge >= 0.3 is 5.97 Å². The van der Waals surface area contributed by atoms with Crippen LogP contribution in [0.5, 0.6) is 0 Å². The highest BCUT2D eigenvalue weighted by Crippen LogP contribution is 2.74. The number of aromatic nitrogens is 1. The van der Waals surface area contributed by atoms with Crippen molar-refractivity contribution in [2.45, 2.75) is 102 Å². The van der Waals surface area contributed by atoms with Crippen LogP contribution in [0.1, 0.15) is 79.7 Å². The molecule has 3 N–H and O–H groups in total. The topological polar surface area (TPSA) is 104 Å². The predicted molar refractivity (Wildman–Crippen MR) is 149 cm³/mol. The Balaban J connectivity index is 1.32. The van der Waals surface area contributed by atoms with Gasteiger partial charge in [-0.05, 0) is 83.1 Å². The Morgan fingerprint density at radius 2 is 1.98 bits per heavy atom. The number of hydrogen-bond acceptors (Lipinski definition) is 7. The van der Waals surface area contributed by atoms with Crippen molar-refractivity contribution in [3.63, 3.8) is 0 Å². The van der Waals surface area contributed by atoms with Crippen molar-refractivity contribution in [1.82, 2.24) is 9.88 Å². The van der Waals surface area contributed by atoms with Crippen LogP contribution in [0.2, 0.25) is 0 Å². The summed E-state index contributed by atoms with van der Waals surface area (Å²) in [5.41, 5.74) is 2.69. The number of aryl methyl sites for hydroxylation is 2. The third kappa shape index (κ3) is 3.07. The zero-order chi connectivity index (χ0) is 28.5. The van der Waals surface area contributed by atoms with E-state index in [4.69, 9.17) is 14.2 Å². The van der Waals surface area contributed by atoms with Crippen LogP contribution in [0.15, 0.2) is 23.3 Å². The van der Waals surface area contributed by atoms with Gasteiger partial charge in [-0.2, -0.15) is 0 Å². The Morgan fingerprint density at radius 3 is 2.70 bits per heavy atom. The van der Waals surface area contributed by atoms with Crippen molar-refractivity contribution >= 4 is 5.97 Å². The van der Waals surface area contributed by atoms with E-state index in [2.05, 4.69) is 36.0 Å². The van der Waals surface area contributed by atoms with Gasteiger partial charge in [-0.15, -0.1) is 0 Å². The van der Waals surface area contributed by atoms with Crippen LogP contribution in [-0.2, 0) is 14.2 Å². The maximum Gasteiger partial charge on any atom is 0.340 e. The number of aliphatic hydroxyl groups is 2. The monoisotopic (exact) mass is 552 g/mol. The lowest BCUT2D eigenvalue weighted by molar-refractivity contribution is -0.401. The quantitative estimate of drug-likeness (QED) is 0.386. The molecule has 0 amide bonds. The smallest absolute Gasteiger partial charge is 0.340 e. The van der Waals surface area contributed by atoms with Crippen LogP contribution in [0.4, 0.5) is 0 Å².